The number of aryl methyl sites for hydroxylation is 1. The molecular weight excluding hydrogens is 583 g/mol. The molecule has 1 aliphatic rings. The summed E-state index contributed by atoms with van der Waals surface area (Å²) in [6.07, 6.45) is 1.20. The lowest BCUT2D eigenvalue weighted by Crippen LogP contribution is -2.51. The Morgan fingerprint density at radius 1 is 1.12 bits per heavy atom. The van der Waals surface area contributed by atoms with E-state index in [1.807, 2.05) is 48.2 Å². The number of amides is 2. The van der Waals surface area contributed by atoms with E-state index in [-0.39, 0.29) is 17.2 Å². The number of rotatable bonds is 10. The summed E-state index contributed by atoms with van der Waals surface area (Å²) in [4.78, 5) is 35.4. The molecule has 2 unspecified atom stereocenters. The van der Waals surface area contributed by atoms with Crippen LogP contribution in [0.5, 0.6) is 5.75 Å². The average Bonchev–Trinajstić information content (AvgIpc) is 3.42. The first kappa shape index (κ1) is 32.9. The predicted octanol–water partition coefficient (Wildman–Crippen LogP) is 5.48. The highest BCUT2D eigenvalue weighted by molar-refractivity contribution is 8.01. The van der Waals surface area contributed by atoms with Crippen LogP contribution in [0.4, 0.5) is 5.13 Å². The molecule has 9 nitrogen and oxygen atoms in total. The van der Waals surface area contributed by atoms with Crippen LogP contribution < -0.4 is 15.4 Å². The molecule has 3 N–H and O–H groups in total. The number of aromatic nitrogens is 1. The minimum absolute atomic E-state index is 0.0910. The minimum Gasteiger partial charge on any atom is -0.496 e. The Labute approximate surface area is 263 Å². The van der Waals surface area contributed by atoms with Gasteiger partial charge in [0.25, 0.3) is 11.8 Å². The van der Waals surface area contributed by atoms with E-state index in [0.29, 0.717) is 54.2 Å². The number of carbonyl (C=O) groups is 2. The monoisotopic (exact) mass is 625 g/mol. The molecule has 0 saturated carbocycles. The van der Waals surface area contributed by atoms with Gasteiger partial charge < -0.3 is 20.1 Å². The van der Waals surface area contributed by atoms with Crippen LogP contribution in [0.15, 0.2) is 51.7 Å². The van der Waals surface area contributed by atoms with Gasteiger partial charge in [0, 0.05) is 49.2 Å². The van der Waals surface area contributed by atoms with Crippen LogP contribution in [-0.2, 0) is 6.54 Å². The molecule has 1 saturated heterocycles. The van der Waals surface area contributed by atoms with Crippen molar-refractivity contribution in [3.63, 3.8) is 0 Å². The molecule has 2 amide bonds. The van der Waals surface area contributed by atoms with Crippen molar-refractivity contribution in [1.82, 2.24) is 20.1 Å². The van der Waals surface area contributed by atoms with Crippen LogP contribution in [0, 0.1) is 12.3 Å². The molecule has 43 heavy (non-hydrogen) atoms. The molecule has 2 heterocycles. The lowest BCUT2D eigenvalue weighted by molar-refractivity contribution is -0.0103. The highest BCUT2D eigenvalue weighted by Crippen LogP contribution is 2.38. The lowest BCUT2D eigenvalue weighted by Gasteiger charge is -2.36. The van der Waals surface area contributed by atoms with Crippen molar-refractivity contribution in [3.05, 3.63) is 64.8 Å². The number of hydrogen-bond acceptors (Lipinski definition) is 9. The molecule has 232 valence electrons. The number of piperazine rings is 1. The minimum atomic E-state index is -0.529. The topological polar surface area (TPSA) is 107 Å². The van der Waals surface area contributed by atoms with E-state index >= 15 is 0 Å². The first-order chi connectivity index (χ1) is 20.3. The van der Waals surface area contributed by atoms with Crippen molar-refractivity contribution >= 4 is 40.0 Å². The average molecular weight is 626 g/mol. The van der Waals surface area contributed by atoms with Gasteiger partial charge in [-0.25, -0.2) is 4.98 Å². The zero-order valence-corrected chi connectivity index (χ0v) is 27.7. The van der Waals surface area contributed by atoms with E-state index in [2.05, 4.69) is 43.3 Å². The van der Waals surface area contributed by atoms with Gasteiger partial charge in [-0.3, -0.25) is 19.8 Å². The molecule has 3 aromatic rings. The number of aliphatic hydroxyl groups is 1. The Balaban J connectivity index is 1.39. The zero-order valence-electron chi connectivity index (χ0n) is 26.1. The van der Waals surface area contributed by atoms with Gasteiger partial charge in [-0.2, -0.15) is 0 Å². The van der Waals surface area contributed by atoms with Crippen LogP contribution in [0.1, 0.15) is 66.5 Å². The maximum absolute atomic E-state index is 13.5. The van der Waals surface area contributed by atoms with Gasteiger partial charge in [0.1, 0.15) is 12.0 Å². The quantitative estimate of drug-likeness (QED) is 0.272. The molecule has 2 aromatic carbocycles. The number of nitrogens with one attached hydrogen (secondary N) is 2. The van der Waals surface area contributed by atoms with Crippen LogP contribution in [0.3, 0.4) is 0 Å². The summed E-state index contributed by atoms with van der Waals surface area (Å²) in [5, 5.41) is 16.8. The van der Waals surface area contributed by atoms with E-state index in [9.17, 15) is 14.7 Å². The number of aliphatic hydroxyl groups excluding tert-OH is 1. The third kappa shape index (κ3) is 8.57. The summed E-state index contributed by atoms with van der Waals surface area (Å²) in [6.45, 7) is 15.6. The van der Waals surface area contributed by atoms with Crippen molar-refractivity contribution in [1.29, 1.82) is 0 Å². The molecule has 4 rings (SSSR count). The summed E-state index contributed by atoms with van der Waals surface area (Å²) >= 11 is 2.89. The van der Waals surface area contributed by atoms with Crippen LogP contribution in [0.2, 0.25) is 0 Å². The van der Waals surface area contributed by atoms with Crippen molar-refractivity contribution in [2.45, 2.75) is 69.5 Å². The molecule has 11 heteroatoms. The number of benzene rings is 2. The van der Waals surface area contributed by atoms with Crippen LogP contribution in [0.25, 0.3) is 0 Å². The number of thiazole rings is 1. The molecular formula is C32H43N5O4S2. The van der Waals surface area contributed by atoms with Crippen molar-refractivity contribution in [2.24, 2.45) is 5.41 Å². The SMILES string of the molecule is COc1cc(C)c(Sc2cnc(NC(=O)c3ccc(CNC(C)C(C)(C)C)cc3)s2)cc1C(=O)N1CCN(C(C)O)CC1. The molecule has 0 bridgehead atoms. The van der Waals surface area contributed by atoms with Gasteiger partial charge in [0.15, 0.2) is 5.13 Å². The third-order valence-electron chi connectivity index (χ3n) is 7.90. The van der Waals surface area contributed by atoms with Gasteiger partial charge in [-0.05, 0) is 61.6 Å². The van der Waals surface area contributed by atoms with Crippen molar-refractivity contribution in [2.75, 3.05) is 38.6 Å². The fourth-order valence-corrected chi connectivity index (χ4v) is 6.51. The molecule has 0 radical (unpaired) electrons. The fourth-order valence-electron chi connectivity index (χ4n) is 4.57. The van der Waals surface area contributed by atoms with E-state index in [1.165, 1.54) is 23.1 Å². The van der Waals surface area contributed by atoms with Crippen LogP contribution in [-0.4, -0.2) is 77.3 Å². The molecule has 0 aliphatic carbocycles. The maximum atomic E-state index is 13.5. The highest BCUT2D eigenvalue weighted by Gasteiger charge is 2.27. The van der Waals surface area contributed by atoms with Crippen molar-refractivity contribution < 1.29 is 19.4 Å². The molecule has 2 atom stereocenters. The van der Waals surface area contributed by atoms with Crippen molar-refractivity contribution in [3.8, 4) is 5.75 Å². The number of anilines is 1. The first-order valence-corrected chi connectivity index (χ1v) is 16.2. The number of carbonyl (C=O) groups excluding carboxylic acids is 2. The normalized spacial score (nSPS) is 15.7. The Bertz CT molecular complexity index is 1410. The second kappa shape index (κ2) is 14.2. The summed E-state index contributed by atoms with van der Waals surface area (Å²) in [6, 6.07) is 11.7. The third-order valence-corrected chi connectivity index (χ3v) is 10.1. The number of nitrogens with zero attached hydrogens (tertiary/aromatic N) is 3. The van der Waals surface area contributed by atoms with Gasteiger partial charge >= 0.3 is 0 Å². The Morgan fingerprint density at radius 2 is 1.79 bits per heavy atom. The van der Waals surface area contributed by atoms with E-state index < -0.39 is 6.23 Å². The van der Waals surface area contributed by atoms with E-state index in [4.69, 9.17) is 4.74 Å². The molecule has 1 aromatic heterocycles. The molecule has 1 aliphatic heterocycles. The number of ether oxygens (including phenoxy) is 1. The molecule has 1 fully saturated rings. The Hall–Kier alpha value is -2.96. The van der Waals surface area contributed by atoms with E-state index in [1.54, 1.807) is 25.1 Å². The van der Waals surface area contributed by atoms with Gasteiger partial charge in [-0.15, -0.1) is 0 Å². The summed E-state index contributed by atoms with van der Waals surface area (Å²) in [7, 11) is 1.57. The highest BCUT2D eigenvalue weighted by atomic mass is 32.2. The predicted molar refractivity (Wildman–Crippen MR) is 173 cm³/mol. The molecule has 0 spiro atoms. The standard InChI is InChI=1S/C32H43N5O4S2/c1-20-16-26(41-7)25(30(40)37-14-12-36(13-15-37)22(3)38)17-27(20)42-28-19-34-31(43-28)35-29(39)24-10-8-23(9-11-24)18-33-21(2)32(4,5)6/h8-11,16-17,19,21-22,33,38H,12-15,18H2,1-7H3,(H,34,35,39). The number of hydrogen-bond donors (Lipinski definition) is 3. The van der Waals surface area contributed by atoms with Gasteiger partial charge in [-0.1, -0.05) is 56.0 Å². The Morgan fingerprint density at radius 3 is 2.40 bits per heavy atom. The van der Waals surface area contributed by atoms with E-state index in [0.717, 1.165) is 26.8 Å². The number of methoxy groups -OCH3 is 1. The zero-order chi connectivity index (χ0) is 31.3. The second-order valence-corrected chi connectivity index (χ2v) is 14.4. The largest absolute Gasteiger partial charge is 0.496 e. The van der Waals surface area contributed by atoms with Gasteiger partial charge in [0.05, 0.1) is 23.1 Å². The second-order valence-electron chi connectivity index (χ2n) is 12.0. The first-order valence-electron chi connectivity index (χ1n) is 14.5. The lowest BCUT2D eigenvalue weighted by atomic mass is 9.88. The smallest absolute Gasteiger partial charge is 0.257 e. The summed E-state index contributed by atoms with van der Waals surface area (Å²) < 4.78 is 6.46. The van der Waals surface area contributed by atoms with Crippen LogP contribution >= 0.6 is 23.1 Å². The summed E-state index contributed by atoms with van der Waals surface area (Å²) in [5.41, 5.74) is 3.34. The fraction of sp³-hybridized carbons (Fsp3) is 0.469. The van der Waals surface area contributed by atoms with Gasteiger partial charge in [0.2, 0.25) is 0 Å². The Kier molecular flexibility index (Phi) is 10.9. The summed E-state index contributed by atoms with van der Waals surface area (Å²) in [5.74, 6) is 0.233. The maximum Gasteiger partial charge on any atom is 0.257 e.